The zero-order chi connectivity index (χ0) is 23.2. The smallest absolute Gasteiger partial charge is 0.242 e. The second-order valence-electron chi connectivity index (χ2n) is 10.2. The van der Waals surface area contributed by atoms with E-state index in [1.165, 1.54) is 26.2 Å². The highest BCUT2D eigenvalue weighted by molar-refractivity contribution is 7.89. The van der Waals surface area contributed by atoms with Crippen molar-refractivity contribution < 1.29 is 18.0 Å². The highest BCUT2D eigenvalue weighted by Crippen LogP contribution is 2.30. The summed E-state index contributed by atoms with van der Waals surface area (Å²) in [6, 6.07) is 6.27. The summed E-state index contributed by atoms with van der Waals surface area (Å²) in [5, 5.41) is 6.77. The summed E-state index contributed by atoms with van der Waals surface area (Å²) in [4.78, 5) is 27.2. The zero-order valence-corrected chi connectivity index (χ0v) is 20.0. The maximum absolute atomic E-state index is 12.9. The van der Waals surface area contributed by atoms with Crippen LogP contribution in [-0.2, 0) is 19.6 Å². The van der Waals surface area contributed by atoms with Gasteiger partial charge in [-0.3, -0.25) is 9.59 Å². The Morgan fingerprint density at radius 2 is 1.65 bits per heavy atom. The quantitative estimate of drug-likeness (QED) is 0.712. The van der Waals surface area contributed by atoms with E-state index in [0.29, 0.717) is 12.2 Å². The molecule has 2 heterocycles. The van der Waals surface area contributed by atoms with Gasteiger partial charge in [-0.15, -0.1) is 0 Å². The molecule has 1 aromatic rings. The molecule has 2 aliphatic heterocycles. The molecule has 1 aromatic carbocycles. The largest absolute Gasteiger partial charge is 0.353 e. The normalized spacial score (nSPS) is 23.9. The summed E-state index contributed by atoms with van der Waals surface area (Å²) in [6.45, 7) is 8.83. The van der Waals surface area contributed by atoms with Crippen molar-refractivity contribution in [3.63, 3.8) is 0 Å². The summed E-state index contributed by atoms with van der Waals surface area (Å²) in [5.74, 6) is -0.644. The van der Waals surface area contributed by atoms with Gasteiger partial charge in [0.1, 0.15) is 0 Å². The van der Waals surface area contributed by atoms with E-state index in [0.717, 1.165) is 17.1 Å². The maximum Gasteiger partial charge on any atom is 0.242 e. The van der Waals surface area contributed by atoms with Gasteiger partial charge in [0, 0.05) is 49.9 Å². The van der Waals surface area contributed by atoms with E-state index in [1.54, 1.807) is 17.0 Å². The molecule has 0 aliphatic carbocycles. The van der Waals surface area contributed by atoms with Crippen molar-refractivity contribution in [1.29, 1.82) is 0 Å². The Morgan fingerprint density at radius 3 is 2.16 bits per heavy atom. The van der Waals surface area contributed by atoms with Gasteiger partial charge in [-0.1, -0.05) is 0 Å². The molecule has 31 heavy (non-hydrogen) atoms. The summed E-state index contributed by atoms with van der Waals surface area (Å²) in [6.07, 6.45) is 1.81. The Kier molecular flexibility index (Phi) is 6.25. The summed E-state index contributed by atoms with van der Waals surface area (Å²) < 4.78 is 25.6. The van der Waals surface area contributed by atoms with Crippen LogP contribution in [0.25, 0.3) is 0 Å². The number of nitrogens with zero attached hydrogens (tertiary/aromatic N) is 2. The third-order valence-electron chi connectivity index (χ3n) is 5.96. The van der Waals surface area contributed by atoms with Crippen LogP contribution in [0.5, 0.6) is 0 Å². The molecule has 2 saturated heterocycles. The van der Waals surface area contributed by atoms with Crippen LogP contribution in [-0.4, -0.2) is 62.3 Å². The van der Waals surface area contributed by atoms with Crippen LogP contribution in [0.2, 0.25) is 0 Å². The molecule has 2 N–H and O–H groups in total. The number of nitrogens with one attached hydrogen (secondary N) is 2. The van der Waals surface area contributed by atoms with Crippen molar-refractivity contribution in [2.45, 2.75) is 69.0 Å². The van der Waals surface area contributed by atoms with Gasteiger partial charge in [-0.05, 0) is 64.8 Å². The van der Waals surface area contributed by atoms with Gasteiger partial charge >= 0.3 is 0 Å². The molecule has 0 bridgehead atoms. The molecule has 0 radical (unpaired) electrons. The molecule has 2 amide bonds. The van der Waals surface area contributed by atoms with E-state index in [1.807, 2.05) is 0 Å². The first kappa shape index (κ1) is 23.7. The summed E-state index contributed by atoms with van der Waals surface area (Å²) >= 11 is 0. The van der Waals surface area contributed by atoms with Crippen molar-refractivity contribution in [3.8, 4) is 0 Å². The Balaban J connectivity index is 1.67. The number of rotatable bonds is 5. The molecule has 0 aromatic heterocycles. The van der Waals surface area contributed by atoms with Crippen LogP contribution in [0.4, 0.5) is 5.69 Å². The second-order valence-corrected chi connectivity index (χ2v) is 12.3. The first-order valence-electron chi connectivity index (χ1n) is 10.6. The van der Waals surface area contributed by atoms with Gasteiger partial charge in [0.05, 0.1) is 10.8 Å². The average Bonchev–Trinajstić information content (AvgIpc) is 3.01. The minimum absolute atomic E-state index is 0.0541. The van der Waals surface area contributed by atoms with Crippen LogP contribution >= 0.6 is 0 Å². The molecule has 0 spiro atoms. The molecule has 1 atom stereocenters. The SMILES string of the molecule is CN(C)S(=O)(=O)c1ccc(N2CC(C(=O)NC3CC(C)(C)NC(C)(C)C3)CC2=O)cc1. The van der Waals surface area contributed by atoms with Crippen molar-refractivity contribution in [2.75, 3.05) is 25.5 Å². The van der Waals surface area contributed by atoms with Crippen molar-refractivity contribution in [2.24, 2.45) is 5.92 Å². The van der Waals surface area contributed by atoms with E-state index < -0.39 is 15.9 Å². The number of carbonyl (C=O) groups excluding carboxylic acids is 2. The number of amides is 2. The first-order valence-corrected chi connectivity index (χ1v) is 12.1. The zero-order valence-electron chi connectivity index (χ0n) is 19.2. The highest BCUT2D eigenvalue weighted by atomic mass is 32.2. The van der Waals surface area contributed by atoms with Crippen LogP contribution in [0.1, 0.15) is 47.0 Å². The number of hydrogen-bond donors (Lipinski definition) is 2. The number of sulfonamides is 1. The lowest BCUT2D eigenvalue weighted by molar-refractivity contribution is -0.127. The lowest BCUT2D eigenvalue weighted by Gasteiger charge is -2.46. The molecule has 3 rings (SSSR count). The number of anilines is 1. The summed E-state index contributed by atoms with van der Waals surface area (Å²) in [5.41, 5.74) is 0.444. The van der Waals surface area contributed by atoms with Crippen LogP contribution in [0.3, 0.4) is 0 Å². The van der Waals surface area contributed by atoms with Gasteiger partial charge < -0.3 is 15.5 Å². The van der Waals surface area contributed by atoms with Gasteiger partial charge in [0.25, 0.3) is 0 Å². The standard InChI is InChI=1S/C22H34N4O4S/c1-21(2)12-16(13-22(3,4)24-21)23-20(28)15-11-19(27)26(14-15)17-7-9-18(10-8-17)31(29,30)25(5)6/h7-10,15-16,24H,11-14H2,1-6H3,(H,23,28). The fourth-order valence-corrected chi connectivity index (χ4v) is 5.79. The van der Waals surface area contributed by atoms with Gasteiger partial charge in [-0.25, -0.2) is 12.7 Å². The number of piperidine rings is 1. The fourth-order valence-electron chi connectivity index (χ4n) is 4.88. The van der Waals surface area contributed by atoms with E-state index in [2.05, 4.69) is 38.3 Å². The van der Waals surface area contributed by atoms with Crippen molar-refractivity contribution in [1.82, 2.24) is 14.9 Å². The Morgan fingerprint density at radius 1 is 1.10 bits per heavy atom. The monoisotopic (exact) mass is 450 g/mol. The topological polar surface area (TPSA) is 98.8 Å². The van der Waals surface area contributed by atoms with Gasteiger partial charge in [0.15, 0.2) is 0 Å². The molecular weight excluding hydrogens is 416 g/mol. The van der Waals surface area contributed by atoms with E-state index in [4.69, 9.17) is 0 Å². The molecule has 8 nitrogen and oxygen atoms in total. The van der Waals surface area contributed by atoms with Gasteiger partial charge in [0.2, 0.25) is 21.8 Å². The Hall–Kier alpha value is -1.97. The predicted octanol–water partition coefficient (Wildman–Crippen LogP) is 1.72. The van der Waals surface area contributed by atoms with E-state index >= 15 is 0 Å². The number of hydrogen-bond acceptors (Lipinski definition) is 5. The molecule has 0 saturated carbocycles. The fraction of sp³-hybridized carbons (Fsp3) is 0.636. The molecule has 2 aliphatic rings. The van der Waals surface area contributed by atoms with Crippen LogP contribution in [0, 0.1) is 5.92 Å². The minimum atomic E-state index is -3.53. The molecule has 2 fully saturated rings. The van der Waals surface area contributed by atoms with Crippen LogP contribution in [0.15, 0.2) is 29.2 Å². The number of benzene rings is 1. The van der Waals surface area contributed by atoms with E-state index in [9.17, 15) is 18.0 Å². The van der Waals surface area contributed by atoms with Crippen LogP contribution < -0.4 is 15.5 Å². The third-order valence-corrected chi connectivity index (χ3v) is 7.79. The summed E-state index contributed by atoms with van der Waals surface area (Å²) in [7, 11) is -0.583. The second kappa shape index (κ2) is 8.18. The molecule has 172 valence electrons. The van der Waals surface area contributed by atoms with Crippen molar-refractivity contribution in [3.05, 3.63) is 24.3 Å². The first-order chi connectivity index (χ1) is 14.2. The molecule has 1 unspecified atom stereocenters. The van der Waals surface area contributed by atoms with E-state index in [-0.39, 0.29) is 40.3 Å². The third kappa shape index (κ3) is 5.27. The average molecular weight is 451 g/mol. The Labute approximate surface area is 185 Å². The Bertz CT molecular complexity index is 938. The van der Waals surface area contributed by atoms with Gasteiger partial charge in [-0.2, -0.15) is 0 Å². The highest BCUT2D eigenvalue weighted by Gasteiger charge is 2.40. The maximum atomic E-state index is 12.9. The molecular formula is C22H34N4O4S. The lowest BCUT2D eigenvalue weighted by atomic mass is 9.79. The molecule has 9 heteroatoms. The predicted molar refractivity (Wildman–Crippen MR) is 120 cm³/mol. The number of carbonyl (C=O) groups is 2. The lowest BCUT2D eigenvalue weighted by Crippen LogP contribution is -2.62. The van der Waals surface area contributed by atoms with Crippen molar-refractivity contribution >= 4 is 27.5 Å². The minimum Gasteiger partial charge on any atom is -0.353 e.